The normalized spacial score (nSPS) is 11.6. The van der Waals surface area contributed by atoms with Gasteiger partial charge in [-0.25, -0.2) is 0 Å². The molecule has 1 rings (SSSR count). The molecule has 0 radical (unpaired) electrons. The molecule has 0 aliphatic carbocycles. The lowest BCUT2D eigenvalue weighted by atomic mass is 9.85. The lowest BCUT2D eigenvalue weighted by molar-refractivity contribution is -0.124. The molecule has 0 unspecified atom stereocenters. The summed E-state index contributed by atoms with van der Waals surface area (Å²) < 4.78 is 0. The number of rotatable bonds is 13. The second kappa shape index (κ2) is 12.1. The summed E-state index contributed by atoms with van der Waals surface area (Å²) in [6, 6.07) is 6.35. The number of aryl methyl sites for hydroxylation is 2. The summed E-state index contributed by atoms with van der Waals surface area (Å²) in [5.41, 5.74) is 3.21. The first-order valence-corrected chi connectivity index (χ1v) is 10.9. The molecule has 0 spiro atoms. The first-order valence-electron chi connectivity index (χ1n) is 10.9. The van der Waals surface area contributed by atoms with Crippen LogP contribution >= 0.6 is 0 Å². The summed E-state index contributed by atoms with van der Waals surface area (Å²) in [6.45, 7) is 10.7. The van der Waals surface area contributed by atoms with Crippen molar-refractivity contribution in [2.75, 3.05) is 5.32 Å². The van der Waals surface area contributed by atoms with E-state index in [1.165, 1.54) is 56.1 Å². The van der Waals surface area contributed by atoms with Crippen LogP contribution in [0.25, 0.3) is 0 Å². The quantitative estimate of drug-likeness (QED) is 0.368. The molecule has 1 aromatic carbocycles. The highest BCUT2D eigenvalue weighted by atomic mass is 16.2. The summed E-state index contributed by atoms with van der Waals surface area (Å²) in [4.78, 5) is 12.9. The van der Waals surface area contributed by atoms with Crippen molar-refractivity contribution in [3.8, 4) is 0 Å². The third-order valence-corrected chi connectivity index (χ3v) is 5.51. The van der Waals surface area contributed by atoms with Crippen molar-refractivity contribution in [1.82, 2.24) is 0 Å². The molecular formula is C24H41NO. The van der Waals surface area contributed by atoms with E-state index in [1.54, 1.807) is 0 Å². The third kappa shape index (κ3) is 7.51. The van der Waals surface area contributed by atoms with Crippen molar-refractivity contribution in [2.24, 2.45) is 5.41 Å². The standard InChI is InChI=1S/C24H41NO/c1-6-9-10-11-12-13-14-15-19-24(4,5)23(26)25-22-20(7-2)17-16-18-21(22)8-3/h16-18H,6-15,19H2,1-5H3,(H,25,26). The zero-order valence-electron chi connectivity index (χ0n) is 17.9. The lowest BCUT2D eigenvalue weighted by Gasteiger charge is -2.25. The Labute approximate surface area is 162 Å². The minimum absolute atomic E-state index is 0.163. The van der Waals surface area contributed by atoms with Gasteiger partial charge in [-0.15, -0.1) is 0 Å². The van der Waals surface area contributed by atoms with E-state index in [2.05, 4.69) is 58.1 Å². The van der Waals surface area contributed by atoms with Gasteiger partial charge in [0.25, 0.3) is 0 Å². The van der Waals surface area contributed by atoms with Crippen LogP contribution in [0.3, 0.4) is 0 Å². The van der Waals surface area contributed by atoms with Crippen molar-refractivity contribution in [1.29, 1.82) is 0 Å². The molecule has 1 N–H and O–H groups in total. The maximum atomic E-state index is 12.9. The molecule has 0 bridgehead atoms. The molecule has 0 heterocycles. The largest absolute Gasteiger partial charge is 0.325 e. The number of hydrogen-bond acceptors (Lipinski definition) is 1. The van der Waals surface area contributed by atoms with Crippen molar-refractivity contribution in [2.45, 2.75) is 105 Å². The van der Waals surface area contributed by atoms with E-state index in [0.717, 1.165) is 31.4 Å². The first kappa shape index (κ1) is 22.7. The SMILES string of the molecule is CCCCCCCCCCC(C)(C)C(=O)Nc1c(CC)cccc1CC. The molecule has 0 atom stereocenters. The van der Waals surface area contributed by atoms with Crippen LogP contribution in [0.1, 0.15) is 104 Å². The van der Waals surface area contributed by atoms with Gasteiger partial charge in [0.1, 0.15) is 0 Å². The van der Waals surface area contributed by atoms with E-state index >= 15 is 0 Å². The average molecular weight is 360 g/mol. The smallest absolute Gasteiger partial charge is 0.230 e. The van der Waals surface area contributed by atoms with Crippen LogP contribution in [0.2, 0.25) is 0 Å². The van der Waals surface area contributed by atoms with Crippen LogP contribution in [-0.2, 0) is 17.6 Å². The monoisotopic (exact) mass is 359 g/mol. The fourth-order valence-electron chi connectivity index (χ4n) is 3.50. The van der Waals surface area contributed by atoms with E-state index in [-0.39, 0.29) is 11.3 Å². The maximum Gasteiger partial charge on any atom is 0.230 e. The molecule has 0 aliphatic heterocycles. The Morgan fingerprint density at radius 3 is 1.85 bits per heavy atom. The Kier molecular flexibility index (Phi) is 10.6. The van der Waals surface area contributed by atoms with Crippen LogP contribution in [0.4, 0.5) is 5.69 Å². The van der Waals surface area contributed by atoms with E-state index in [0.29, 0.717) is 0 Å². The van der Waals surface area contributed by atoms with E-state index in [1.807, 2.05) is 0 Å². The van der Waals surface area contributed by atoms with Crippen molar-refractivity contribution in [3.05, 3.63) is 29.3 Å². The van der Waals surface area contributed by atoms with Gasteiger partial charge in [-0.05, 0) is 30.4 Å². The summed E-state index contributed by atoms with van der Waals surface area (Å²) in [7, 11) is 0. The zero-order chi connectivity index (χ0) is 19.4. The number of carbonyl (C=O) groups excluding carboxylic acids is 1. The lowest BCUT2D eigenvalue weighted by Crippen LogP contribution is -2.31. The van der Waals surface area contributed by atoms with Gasteiger partial charge < -0.3 is 5.32 Å². The minimum Gasteiger partial charge on any atom is -0.325 e. The number of para-hydroxylation sites is 1. The molecule has 0 saturated carbocycles. The van der Waals surface area contributed by atoms with Gasteiger partial charge in [-0.3, -0.25) is 4.79 Å². The highest BCUT2D eigenvalue weighted by molar-refractivity contribution is 5.96. The molecule has 0 aliphatic rings. The number of amides is 1. The number of benzene rings is 1. The van der Waals surface area contributed by atoms with Gasteiger partial charge in [0, 0.05) is 11.1 Å². The van der Waals surface area contributed by atoms with Crippen LogP contribution in [0.15, 0.2) is 18.2 Å². The van der Waals surface area contributed by atoms with Gasteiger partial charge in [-0.2, -0.15) is 0 Å². The number of nitrogens with one attached hydrogen (secondary N) is 1. The van der Waals surface area contributed by atoms with Crippen LogP contribution in [0.5, 0.6) is 0 Å². The molecule has 0 saturated heterocycles. The third-order valence-electron chi connectivity index (χ3n) is 5.51. The maximum absolute atomic E-state index is 12.9. The number of unbranched alkanes of at least 4 members (excludes halogenated alkanes) is 7. The van der Waals surface area contributed by atoms with Gasteiger partial charge in [0.2, 0.25) is 5.91 Å². The topological polar surface area (TPSA) is 29.1 Å². The fourth-order valence-corrected chi connectivity index (χ4v) is 3.50. The molecule has 2 nitrogen and oxygen atoms in total. The fraction of sp³-hybridized carbons (Fsp3) is 0.708. The van der Waals surface area contributed by atoms with E-state index in [4.69, 9.17) is 0 Å². The summed E-state index contributed by atoms with van der Waals surface area (Å²) in [5.74, 6) is 0.163. The predicted molar refractivity (Wildman–Crippen MR) is 115 cm³/mol. The number of carbonyl (C=O) groups is 1. The molecule has 0 fully saturated rings. The Balaban J connectivity index is 2.48. The molecule has 1 aromatic rings. The molecule has 1 amide bonds. The Hall–Kier alpha value is -1.31. The first-order chi connectivity index (χ1) is 12.5. The van der Waals surface area contributed by atoms with Gasteiger partial charge in [-0.1, -0.05) is 104 Å². The van der Waals surface area contributed by atoms with Crippen LogP contribution < -0.4 is 5.32 Å². The molecule has 0 aromatic heterocycles. The van der Waals surface area contributed by atoms with Crippen molar-refractivity contribution >= 4 is 11.6 Å². The molecular weight excluding hydrogens is 318 g/mol. The highest BCUT2D eigenvalue weighted by Crippen LogP contribution is 2.29. The van der Waals surface area contributed by atoms with Crippen LogP contribution in [-0.4, -0.2) is 5.91 Å². The predicted octanol–water partition coefficient (Wildman–Crippen LogP) is 7.31. The highest BCUT2D eigenvalue weighted by Gasteiger charge is 2.27. The van der Waals surface area contributed by atoms with Crippen molar-refractivity contribution < 1.29 is 4.79 Å². The Bertz CT molecular complexity index is 511. The van der Waals surface area contributed by atoms with Crippen molar-refractivity contribution in [3.63, 3.8) is 0 Å². The second-order valence-corrected chi connectivity index (χ2v) is 8.22. The second-order valence-electron chi connectivity index (χ2n) is 8.22. The molecule has 148 valence electrons. The number of anilines is 1. The molecule has 2 heteroatoms. The Morgan fingerprint density at radius 1 is 0.846 bits per heavy atom. The van der Waals surface area contributed by atoms with Gasteiger partial charge in [0.05, 0.1) is 0 Å². The average Bonchev–Trinajstić information content (AvgIpc) is 2.63. The summed E-state index contributed by atoms with van der Waals surface area (Å²) in [5, 5.41) is 3.26. The van der Waals surface area contributed by atoms with Gasteiger partial charge in [0.15, 0.2) is 0 Å². The molecule has 26 heavy (non-hydrogen) atoms. The van der Waals surface area contributed by atoms with E-state index < -0.39 is 0 Å². The van der Waals surface area contributed by atoms with E-state index in [9.17, 15) is 4.79 Å². The number of hydrogen-bond donors (Lipinski definition) is 1. The van der Waals surface area contributed by atoms with Crippen LogP contribution in [0, 0.1) is 5.41 Å². The van der Waals surface area contributed by atoms with Gasteiger partial charge >= 0.3 is 0 Å². The summed E-state index contributed by atoms with van der Waals surface area (Å²) in [6.07, 6.45) is 13.3. The summed E-state index contributed by atoms with van der Waals surface area (Å²) >= 11 is 0. The zero-order valence-corrected chi connectivity index (χ0v) is 17.9. The Morgan fingerprint density at radius 2 is 1.35 bits per heavy atom. The minimum atomic E-state index is -0.311.